The van der Waals surface area contributed by atoms with E-state index in [0.717, 1.165) is 43.7 Å². The fourth-order valence-electron chi connectivity index (χ4n) is 3.22. The summed E-state index contributed by atoms with van der Waals surface area (Å²) in [5.74, 6) is 0.436. The van der Waals surface area contributed by atoms with Crippen LogP contribution in [-0.4, -0.2) is 36.2 Å². The highest BCUT2D eigenvalue weighted by Gasteiger charge is 2.20. The Bertz CT molecular complexity index is 693. The molecule has 0 unspecified atom stereocenters. The molecule has 0 radical (unpaired) electrons. The van der Waals surface area contributed by atoms with Crippen LogP contribution in [0.5, 0.6) is 11.5 Å². The number of aromatic hydroxyl groups is 1. The van der Waals surface area contributed by atoms with Crippen molar-refractivity contribution in [1.82, 2.24) is 4.90 Å². The fourth-order valence-corrected chi connectivity index (χ4v) is 3.22. The minimum Gasteiger partial charge on any atom is -0.504 e. The zero-order chi connectivity index (χ0) is 16.9. The molecule has 1 aliphatic heterocycles. The molecule has 1 atom stereocenters. The Kier molecular flexibility index (Phi) is 5.20. The van der Waals surface area contributed by atoms with Gasteiger partial charge in [-0.25, -0.2) is 4.39 Å². The number of nitrogens with one attached hydrogen (secondary N) is 1. The first-order chi connectivity index (χ1) is 11.6. The van der Waals surface area contributed by atoms with Crippen LogP contribution in [0.15, 0.2) is 42.5 Å². The maximum atomic E-state index is 13.3. The number of ether oxygens (including phenoxy) is 1. The van der Waals surface area contributed by atoms with Gasteiger partial charge < -0.3 is 15.2 Å². The Morgan fingerprint density at radius 1 is 1.29 bits per heavy atom. The molecule has 0 bridgehead atoms. The van der Waals surface area contributed by atoms with E-state index in [-0.39, 0.29) is 11.6 Å². The third-order valence-corrected chi connectivity index (χ3v) is 4.35. The van der Waals surface area contributed by atoms with E-state index < -0.39 is 0 Å². The SMILES string of the molecule is COc1ccc(CN2CCC[C@H](Nc3cccc(F)c3)C2)cc1O. The lowest BCUT2D eigenvalue weighted by Gasteiger charge is -2.33. The average Bonchev–Trinajstić information content (AvgIpc) is 2.55. The molecule has 3 rings (SSSR count). The van der Waals surface area contributed by atoms with E-state index in [2.05, 4.69) is 10.2 Å². The molecule has 128 valence electrons. The van der Waals surface area contributed by atoms with Crippen molar-refractivity contribution in [1.29, 1.82) is 0 Å². The standard InChI is InChI=1S/C19H23FN2O2/c1-24-19-8-7-14(10-18(19)23)12-22-9-3-6-17(13-22)21-16-5-2-4-15(20)11-16/h2,4-5,7-8,10-11,17,21,23H,3,6,9,12-13H2,1H3/t17-/m0/s1. The number of hydrogen-bond acceptors (Lipinski definition) is 4. The Hall–Kier alpha value is -2.27. The van der Waals surface area contributed by atoms with Crippen LogP contribution in [0.2, 0.25) is 0 Å². The summed E-state index contributed by atoms with van der Waals surface area (Å²) in [4.78, 5) is 2.35. The van der Waals surface area contributed by atoms with Crippen LogP contribution < -0.4 is 10.1 Å². The van der Waals surface area contributed by atoms with Gasteiger partial charge in [-0.15, -0.1) is 0 Å². The topological polar surface area (TPSA) is 44.7 Å². The molecule has 0 spiro atoms. The minimum atomic E-state index is -0.221. The molecule has 1 heterocycles. The van der Waals surface area contributed by atoms with Gasteiger partial charge in [-0.05, 0) is 55.3 Å². The highest BCUT2D eigenvalue weighted by molar-refractivity contribution is 5.44. The molecular weight excluding hydrogens is 307 g/mol. The Labute approximate surface area is 141 Å². The number of piperidine rings is 1. The Balaban J connectivity index is 1.60. The second kappa shape index (κ2) is 7.53. The van der Waals surface area contributed by atoms with Gasteiger partial charge in [0.1, 0.15) is 5.82 Å². The molecule has 2 aromatic rings. The number of benzene rings is 2. The number of hydrogen-bond donors (Lipinski definition) is 2. The summed E-state index contributed by atoms with van der Waals surface area (Å²) in [6, 6.07) is 12.4. The molecule has 0 saturated carbocycles. The van der Waals surface area contributed by atoms with Crippen molar-refractivity contribution in [3.05, 3.63) is 53.8 Å². The lowest BCUT2D eigenvalue weighted by molar-refractivity contribution is 0.208. The fraction of sp³-hybridized carbons (Fsp3) is 0.368. The van der Waals surface area contributed by atoms with Crippen LogP contribution in [0.3, 0.4) is 0 Å². The van der Waals surface area contributed by atoms with Crippen LogP contribution in [-0.2, 0) is 6.54 Å². The zero-order valence-electron chi connectivity index (χ0n) is 13.8. The second-order valence-electron chi connectivity index (χ2n) is 6.24. The summed E-state index contributed by atoms with van der Waals surface area (Å²) >= 11 is 0. The van der Waals surface area contributed by atoms with Gasteiger partial charge in [-0.2, -0.15) is 0 Å². The largest absolute Gasteiger partial charge is 0.504 e. The first-order valence-electron chi connectivity index (χ1n) is 8.24. The van der Waals surface area contributed by atoms with Crippen molar-refractivity contribution in [3.63, 3.8) is 0 Å². The van der Waals surface area contributed by atoms with Crippen LogP contribution in [0.25, 0.3) is 0 Å². The smallest absolute Gasteiger partial charge is 0.160 e. The molecule has 1 aliphatic rings. The Morgan fingerprint density at radius 3 is 2.92 bits per heavy atom. The first kappa shape index (κ1) is 16.6. The van der Waals surface area contributed by atoms with E-state index in [1.165, 1.54) is 12.1 Å². The van der Waals surface area contributed by atoms with Gasteiger partial charge >= 0.3 is 0 Å². The lowest BCUT2D eigenvalue weighted by atomic mass is 10.0. The molecule has 1 saturated heterocycles. The molecule has 2 aromatic carbocycles. The van der Waals surface area contributed by atoms with E-state index in [1.54, 1.807) is 25.3 Å². The van der Waals surface area contributed by atoms with Crippen molar-refractivity contribution < 1.29 is 14.2 Å². The molecule has 4 nitrogen and oxygen atoms in total. The average molecular weight is 330 g/mol. The molecule has 5 heteroatoms. The molecule has 1 fully saturated rings. The number of anilines is 1. The predicted octanol–water partition coefficient (Wildman–Crippen LogP) is 3.62. The highest BCUT2D eigenvalue weighted by Crippen LogP contribution is 2.27. The number of phenolic OH excluding ortho intramolecular Hbond substituents is 1. The van der Waals surface area contributed by atoms with E-state index in [0.29, 0.717) is 11.8 Å². The molecule has 2 N–H and O–H groups in total. The van der Waals surface area contributed by atoms with E-state index in [4.69, 9.17) is 4.74 Å². The molecular formula is C19H23FN2O2. The first-order valence-corrected chi connectivity index (χ1v) is 8.24. The third kappa shape index (κ3) is 4.17. The summed E-state index contributed by atoms with van der Waals surface area (Å²) < 4.78 is 18.4. The van der Waals surface area contributed by atoms with E-state index >= 15 is 0 Å². The number of phenols is 1. The highest BCUT2D eigenvalue weighted by atomic mass is 19.1. The van der Waals surface area contributed by atoms with Gasteiger partial charge in [0.15, 0.2) is 11.5 Å². The van der Waals surface area contributed by atoms with Crippen molar-refractivity contribution in [3.8, 4) is 11.5 Å². The van der Waals surface area contributed by atoms with Gasteiger partial charge in [0.05, 0.1) is 7.11 Å². The summed E-state index contributed by atoms with van der Waals surface area (Å²) in [5, 5.41) is 13.3. The second-order valence-corrected chi connectivity index (χ2v) is 6.24. The summed E-state index contributed by atoms with van der Waals surface area (Å²) in [6.07, 6.45) is 2.16. The van der Waals surface area contributed by atoms with E-state index in [1.807, 2.05) is 12.1 Å². The maximum Gasteiger partial charge on any atom is 0.160 e. The maximum absolute atomic E-state index is 13.3. The van der Waals surface area contributed by atoms with Crippen molar-refractivity contribution in [2.75, 3.05) is 25.5 Å². The number of rotatable bonds is 5. The number of likely N-dealkylation sites (tertiary alicyclic amines) is 1. The van der Waals surface area contributed by atoms with Gasteiger partial charge in [0, 0.05) is 24.8 Å². The van der Waals surface area contributed by atoms with Crippen LogP contribution in [0, 0.1) is 5.82 Å². The van der Waals surface area contributed by atoms with Gasteiger partial charge in [0.2, 0.25) is 0 Å². The quantitative estimate of drug-likeness (QED) is 0.879. The number of methoxy groups -OCH3 is 1. The van der Waals surface area contributed by atoms with Crippen molar-refractivity contribution in [2.24, 2.45) is 0 Å². The van der Waals surface area contributed by atoms with E-state index in [9.17, 15) is 9.50 Å². The summed E-state index contributed by atoms with van der Waals surface area (Å²) in [7, 11) is 1.54. The monoisotopic (exact) mass is 330 g/mol. The van der Waals surface area contributed by atoms with Crippen molar-refractivity contribution in [2.45, 2.75) is 25.4 Å². The summed E-state index contributed by atoms with van der Waals surface area (Å²) in [5.41, 5.74) is 1.88. The van der Waals surface area contributed by atoms with Crippen LogP contribution in [0.4, 0.5) is 10.1 Å². The molecule has 0 aliphatic carbocycles. The van der Waals surface area contributed by atoms with Gasteiger partial charge in [-0.3, -0.25) is 4.90 Å². The Morgan fingerprint density at radius 2 is 2.17 bits per heavy atom. The van der Waals surface area contributed by atoms with Crippen LogP contribution >= 0.6 is 0 Å². The van der Waals surface area contributed by atoms with Crippen molar-refractivity contribution >= 4 is 5.69 Å². The van der Waals surface area contributed by atoms with Gasteiger partial charge in [-0.1, -0.05) is 12.1 Å². The molecule has 0 amide bonds. The number of halogens is 1. The number of nitrogens with zero attached hydrogens (tertiary/aromatic N) is 1. The third-order valence-electron chi connectivity index (χ3n) is 4.35. The normalized spacial score (nSPS) is 18.3. The predicted molar refractivity (Wildman–Crippen MR) is 93.0 cm³/mol. The zero-order valence-corrected chi connectivity index (χ0v) is 13.8. The van der Waals surface area contributed by atoms with Gasteiger partial charge in [0.25, 0.3) is 0 Å². The van der Waals surface area contributed by atoms with Crippen LogP contribution in [0.1, 0.15) is 18.4 Å². The minimum absolute atomic E-state index is 0.168. The lowest BCUT2D eigenvalue weighted by Crippen LogP contribution is -2.41. The summed E-state index contributed by atoms with van der Waals surface area (Å²) in [6.45, 7) is 2.69. The molecule has 24 heavy (non-hydrogen) atoms. The molecule has 0 aromatic heterocycles.